The summed E-state index contributed by atoms with van der Waals surface area (Å²) in [6.07, 6.45) is 1.31. The van der Waals surface area contributed by atoms with E-state index in [1.54, 1.807) is 4.40 Å². The monoisotopic (exact) mass is 340 g/mol. The van der Waals surface area contributed by atoms with E-state index >= 15 is 0 Å². The average molecular weight is 340 g/mol. The second-order valence-corrected chi connectivity index (χ2v) is 6.34. The van der Waals surface area contributed by atoms with Crippen molar-refractivity contribution in [3.63, 3.8) is 0 Å². The van der Waals surface area contributed by atoms with Crippen molar-refractivity contribution in [3.05, 3.63) is 46.4 Å². The van der Waals surface area contributed by atoms with Crippen molar-refractivity contribution in [1.82, 2.24) is 19.5 Å². The predicted molar refractivity (Wildman–Crippen MR) is 93.7 cm³/mol. The maximum absolute atomic E-state index is 12.8. The Bertz CT molecular complexity index is 999. The molecule has 4 rings (SSSR count). The predicted octanol–water partition coefficient (Wildman–Crippen LogP) is 1.25. The van der Waals surface area contributed by atoms with Gasteiger partial charge in [-0.2, -0.15) is 0 Å². The normalized spacial score (nSPS) is 17.4. The molecule has 1 aliphatic heterocycles. The van der Waals surface area contributed by atoms with E-state index in [2.05, 4.69) is 10.4 Å². The summed E-state index contributed by atoms with van der Waals surface area (Å²) in [5, 5.41) is 8.27. The van der Waals surface area contributed by atoms with E-state index in [1.807, 2.05) is 37.3 Å². The smallest absolute Gasteiger partial charge is 0.350 e. The number of aromatic nitrogens is 3. The molecule has 0 radical (unpaired) electrons. The molecule has 3 aromatic rings. The molecule has 0 spiro atoms. The summed E-state index contributed by atoms with van der Waals surface area (Å²) in [6.45, 7) is 3.25. The highest BCUT2D eigenvalue weighted by Gasteiger charge is 2.23. The number of carbonyl (C=O) groups excluding carboxylic acids is 1. The standard InChI is InChI=1S/C18H20N4O3/c1-12-11-13-5-2-3-6-14(13)22-16(12)20-21(18(22)24)9-8-19-17(23)15-7-4-10-25-15/h2-3,5-6,11,15H,4,7-10H2,1H3,(H,19,23). The van der Waals surface area contributed by atoms with Gasteiger partial charge in [-0.25, -0.2) is 13.9 Å². The van der Waals surface area contributed by atoms with Crippen LogP contribution in [-0.4, -0.2) is 39.3 Å². The van der Waals surface area contributed by atoms with Crippen LogP contribution in [0.1, 0.15) is 18.4 Å². The minimum atomic E-state index is -0.357. The van der Waals surface area contributed by atoms with Gasteiger partial charge >= 0.3 is 5.69 Å². The van der Waals surface area contributed by atoms with Crippen LogP contribution in [0.5, 0.6) is 0 Å². The molecular weight excluding hydrogens is 320 g/mol. The molecule has 3 heterocycles. The molecule has 130 valence electrons. The average Bonchev–Trinajstić information content (AvgIpc) is 3.25. The first-order valence-electron chi connectivity index (χ1n) is 8.52. The van der Waals surface area contributed by atoms with Gasteiger partial charge in [0.1, 0.15) is 6.10 Å². The molecular formula is C18H20N4O3. The number of aryl methyl sites for hydroxylation is 1. The highest BCUT2D eigenvalue weighted by atomic mass is 16.5. The Kier molecular flexibility index (Phi) is 4.01. The topological polar surface area (TPSA) is 77.6 Å². The number of hydrogen-bond donors (Lipinski definition) is 1. The lowest BCUT2D eigenvalue weighted by molar-refractivity contribution is -0.130. The lowest BCUT2D eigenvalue weighted by Gasteiger charge is -2.09. The lowest BCUT2D eigenvalue weighted by atomic mass is 10.1. The SMILES string of the molecule is Cc1cc2ccccc2n2c(=O)n(CCNC(=O)C3CCCO3)nc12. The van der Waals surface area contributed by atoms with E-state index in [-0.39, 0.29) is 17.7 Å². The third-order valence-electron chi connectivity index (χ3n) is 4.59. The Balaban J connectivity index is 1.59. The number of para-hydroxylation sites is 1. The van der Waals surface area contributed by atoms with Crippen LogP contribution in [0, 0.1) is 6.92 Å². The number of rotatable bonds is 4. The number of carbonyl (C=O) groups is 1. The number of benzene rings is 1. The molecule has 1 amide bonds. The number of nitrogens with one attached hydrogen (secondary N) is 1. The van der Waals surface area contributed by atoms with Gasteiger partial charge in [0.25, 0.3) is 0 Å². The summed E-state index contributed by atoms with van der Waals surface area (Å²) in [4.78, 5) is 24.7. The Morgan fingerprint density at radius 3 is 3.04 bits per heavy atom. The van der Waals surface area contributed by atoms with E-state index < -0.39 is 0 Å². The fourth-order valence-electron chi connectivity index (χ4n) is 3.32. The molecule has 7 nitrogen and oxygen atoms in total. The van der Waals surface area contributed by atoms with E-state index in [9.17, 15) is 9.59 Å². The fraction of sp³-hybridized carbons (Fsp3) is 0.389. The minimum absolute atomic E-state index is 0.115. The third kappa shape index (κ3) is 2.80. The van der Waals surface area contributed by atoms with Gasteiger partial charge in [-0.1, -0.05) is 18.2 Å². The number of pyridine rings is 1. The molecule has 1 saturated heterocycles. The molecule has 0 saturated carbocycles. The van der Waals surface area contributed by atoms with Crippen LogP contribution in [0.25, 0.3) is 16.6 Å². The second kappa shape index (κ2) is 6.33. The summed E-state index contributed by atoms with van der Waals surface area (Å²) in [5.74, 6) is -0.115. The largest absolute Gasteiger partial charge is 0.368 e. The summed E-state index contributed by atoms with van der Waals surface area (Å²) >= 11 is 0. The summed E-state index contributed by atoms with van der Waals surface area (Å²) < 4.78 is 8.39. The van der Waals surface area contributed by atoms with E-state index in [0.29, 0.717) is 25.3 Å². The van der Waals surface area contributed by atoms with Gasteiger partial charge in [-0.05, 0) is 42.8 Å². The third-order valence-corrected chi connectivity index (χ3v) is 4.59. The van der Waals surface area contributed by atoms with Gasteiger partial charge in [-0.15, -0.1) is 5.10 Å². The molecule has 1 N–H and O–H groups in total. The van der Waals surface area contributed by atoms with Gasteiger partial charge in [0.05, 0.1) is 12.1 Å². The number of nitrogens with zero attached hydrogens (tertiary/aromatic N) is 3. The number of ether oxygens (including phenoxy) is 1. The van der Waals surface area contributed by atoms with Gasteiger partial charge in [0.2, 0.25) is 5.91 Å². The van der Waals surface area contributed by atoms with Gasteiger partial charge in [0.15, 0.2) is 5.65 Å². The number of hydrogen-bond acceptors (Lipinski definition) is 4. The van der Waals surface area contributed by atoms with Crippen LogP contribution in [0.15, 0.2) is 35.1 Å². The molecule has 1 unspecified atom stereocenters. The van der Waals surface area contributed by atoms with Crippen molar-refractivity contribution < 1.29 is 9.53 Å². The number of amides is 1. The number of fused-ring (bicyclic) bond motifs is 3. The maximum Gasteiger partial charge on any atom is 0.350 e. The zero-order valence-electron chi connectivity index (χ0n) is 14.1. The van der Waals surface area contributed by atoms with Crippen molar-refractivity contribution >= 4 is 22.5 Å². The Labute approximate surface area is 144 Å². The quantitative estimate of drug-likeness (QED) is 0.775. The van der Waals surface area contributed by atoms with Crippen LogP contribution in [0.3, 0.4) is 0 Å². The van der Waals surface area contributed by atoms with Crippen molar-refractivity contribution in [3.8, 4) is 0 Å². The van der Waals surface area contributed by atoms with Crippen molar-refractivity contribution in [1.29, 1.82) is 0 Å². The van der Waals surface area contributed by atoms with E-state index in [1.165, 1.54) is 4.68 Å². The maximum atomic E-state index is 12.8. The van der Waals surface area contributed by atoms with Gasteiger partial charge in [-0.3, -0.25) is 4.79 Å². The van der Waals surface area contributed by atoms with Crippen LogP contribution in [0.4, 0.5) is 0 Å². The van der Waals surface area contributed by atoms with Crippen LogP contribution in [0.2, 0.25) is 0 Å². The molecule has 25 heavy (non-hydrogen) atoms. The highest BCUT2D eigenvalue weighted by molar-refractivity contribution is 5.83. The first-order chi connectivity index (χ1) is 12.1. The minimum Gasteiger partial charge on any atom is -0.368 e. The van der Waals surface area contributed by atoms with Crippen LogP contribution in [-0.2, 0) is 16.1 Å². The van der Waals surface area contributed by atoms with Crippen LogP contribution >= 0.6 is 0 Å². The first kappa shape index (κ1) is 15.8. The fourth-order valence-corrected chi connectivity index (χ4v) is 3.32. The molecule has 1 aromatic carbocycles. The Morgan fingerprint density at radius 2 is 2.24 bits per heavy atom. The van der Waals surface area contributed by atoms with E-state index in [0.717, 1.165) is 29.3 Å². The summed E-state index contributed by atoms with van der Waals surface area (Å²) in [6, 6.07) is 9.77. The zero-order valence-corrected chi connectivity index (χ0v) is 14.1. The first-order valence-corrected chi connectivity index (χ1v) is 8.52. The molecule has 1 aliphatic rings. The Hall–Kier alpha value is -2.67. The zero-order chi connectivity index (χ0) is 17.4. The Morgan fingerprint density at radius 1 is 1.40 bits per heavy atom. The summed E-state index contributed by atoms with van der Waals surface area (Å²) in [7, 11) is 0. The van der Waals surface area contributed by atoms with E-state index in [4.69, 9.17) is 4.74 Å². The van der Waals surface area contributed by atoms with Gasteiger partial charge < -0.3 is 10.1 Å². The van der Waals surface area contributed by atoms with Crippen molar-refractivity contribution in [2.45, 2.75) is 32.4 Å². The molecule has 0 bridgehead atoms. The lowest BCUT2D eigenvalue weighted by Crippen LogP contribution is -2.37. The summed E-state index contributed by atoms with van der Waals surface area (Å²) in [5.41, 5.74) is 2.23. The molecule has 7 heteroatoms. The van der Waals surface area contributed by atoms with Crippen LogP contribution < -0.4 is 11.0 Å². The molecule has 1 atom stereocenters. The van der Waals surface area contributed by atoms with Crippen molar-refractivity contribution in [2.24, 2.45) is 0 Å². The molecule has 1 fully saturated rings. The second-order valence-electron chi connectivity index (χ2n) is 6.34. The molecule has 0 aliphatic carbocycles. The van der Waals surface area contributed by atoms with Crippen molar-refractivity contribution in [2.75, 3.05) is 13.2 Å². The molecule has 2 aromatic heterocycles. The van der Waals surface area contributed by atoms with Gasteiger partial charge in [0, 0.05) is 13.2 Å². The highest BCUT2D eigenvalue weighted by Crippen LogP contribution is 2.17.